The lowest BCUT2D eigenvalue weighted by molar-refractivity contribution is 0.611. The van der Waals surface area contributed by atoms with Crippen molar-refractivity contribution in [3.8, 4) is 0 Å². The van der Waals surface area contributed by atoms with Crippen molar-refractivity contribution in [1.29, 1.82) is 0 Å². The van der Waals surface area contributed by atoms with E-state index in [2.05, 4.69) is 0 Å². The average Bonchev–Trinajstić information content (AvgIpc) is 2.86. The van der Waals surface area contributed by atoms with E-state index in [-0.39, 0.29) is 11.2 Å². The van der Waals surface area contributed by atoms with Crippen LogP contribution in [-0.4, -0.2) is 6.54 Å². The predicted molar refractivity (Wildman–Crippen MR) is 56.0 cm³/mol. The molecule has 0 radical (unpaired) electrons. The van der Waals surface area contributed by atoms with Gasteiger partial charge in [0, 0.05) is 5.02 Å². The fourth-order valence-electron chi connectivity index (χ4n) is 2.00. The van der Waals surface area contributed by atoms with E-state index in [1.54, 1.807) is 6.07 Å². The molecule has 1 aromatic rings. The van der Waals surface area contributed by atoms with Gasteiger partial charge in [0.1, 0.15) is 5.82 Å². The second-order valence-corrected chi connectivity index (χ2v) is 4.35. The van der Waals surface area contributed by atoms with Gasteiger partial charge in [-0.3, -0.25) is 0 Å². The molecule has 3 heteroatoms. The van der Waals surface area contributed by atoms with Crippen LogP contribution in [-0.2, 0) is 5.41 Å². The van der Waals surface area contributed by atoms with Crippen molar-refractivity contribution < 1.29 is 4.39 Å². The van der Waals surface area contributed by atoms with Crippen LogP contribution in [0.1, 0.15) is 24.8 Å². The first kappa shape index (κ1) is 9.94. The normalized spacial score (nSPS) is 18.2. The van der Waals surface area contributed by atoms with Crippen LogP contribution in [0.25, 0.3) is 0 Å². The summed E-state index contributed by atoms with van der Waals surface area (Å²) in [5, 5.41) is 0.538. The van der Waals surface area contributed by atoms with Crippen LogP contribution in [0.2, 0.25) is 5.02 Å². The highest BCUT2D eigenvalue weighted by atomic mass is 35.5. The van der Waals surface area contributed by atoms with Crippen molar-refractivity contribution in [1.82, 2.24) is 0 Å². The van der Waals surface area contributed by atoms with Crippen molar-refractivity contribution in [2.75, 3.05) is 6.54 Å². The Morgan fingerprint density at radius 3 is 2.64 bits per heavy atom. The first-order valence-electron chi connectivity index (χ1n) is 4.83. The van der Waals surface area contributed by atoms with Gasteiger partial charge in [-0.2, -0.15) is 0 Å². The van der Waals surface area contributed by atoms with E-state index in [4.69, 9.17) is 17.3 Å². The van der Waals surface area contributed by atoms with E-state index in [1.165, 1.54) is 12.1 Å². The second-order valence-electron chi connectivity index (χ2n) is 3.94. The minimum absolute atomic E-state index is 0.152. The van der Waals surface area contributed by atoms with Gasteiger partial charge in [-0.1, -0.05) is 17.7 Å². The fourth-order valence-corrected chi connectivity index (χ4v) is 2.37. The van der Waals surface area contributed by atoms with Gasteiger partial charge in [0.25, 0.3) is 0 Å². The van der Waals surface area contributed by atoms with E-state index < -0.39 is 0 Å². The van der Waals surface area contributed by atoms with Gasteiger partial charge in [-0.15, -0.1) is 0 Å². The third-order valence-corrected chi connectivity index (χ3v) is 3.29. The van der Waals surface area contributed by atoms with E-state index in [0.717, 1.165) is 24.8 Å². The summed E-state index contributed by atoms with van der Waals surface area (Å²) >= 11 is 6.01. The van der Waals surface area contributed by atoms with Crippen LogP contribution in [0.3, 0.4) is 0 Å². The quantitative estimate of drug-likeness (QED) is 0.821. The second kappa shape index (κ2) is 3.52. The lowest BCUT2D eigenvalue weighted by Crippen LogP contribution is -2.13. The molecule has 1 aromatic carbocycles. The molecule has 0 heterocycles. The van der Waals surface area contributed by atoms with E-state index in [1.807, 2.05) is 0 Å². The van der Waals surface area contributed by atoms with Crippen LogP contribution in [0.4, 0.5) is 4.39 Å². The Kier molecular flexibility index (Phi) is 2.50. The summed E-state index contributed by atoms with van der Waals surface area (Å²) in [5.41, 5.74) is 6.77. The van der Waals surface area contributed by atoms with Gasteiger partial charge in [0.2, 0.25) is 0 Å². The summed E-state index contributed by atoms with van der Waals surface area (Å²) in [7, 11) is 0. The molecule has 2 N–H and O–H groups in total. The van der Waals surface area contributed by atoms with Gasteiger partial charge in [0.05, 0.1) is 0 Å². The lowest BCUT2D eigenvalue weighted by atomic mass is 9.92. The Morgan fingerprint density at radius 2 is 2.14 bits per heavy atom. The molecular weight excluding hydrogens is 201 g/mol. The number of hydrogen-bond donors (Lipinski definition) is 1. The molecule has 0 aromatic heterocycles. The molecule has 0 amide bonds. The van der Waals surface area contributed by atoms with Gasteiger partial charge in [-0.25, -0.2) is 4.39 Å². The number of hydrogen-bond acceptors (Lipinski definition) is 1. The summed E-state index contributed by atoms with van der Waals surface area (Å²) in [6.07, 6.45) is 3.18. The Morgan fingerprint density at radius 1 is 1.43 bits per heavy atom. The maximum Gasteiger partial charge on any atom is 0.124 e. The minimum atomic E-state index is -0.276. The Balaban J connectivity index is 2.32. The molecule has 0 saturated heterocycles. The topological polar surface area (TPSA) is 26.0 Å². The molecule has 1 saturated carbocycles. The van der Waals surface area contributed by atoms with Crippen molar-refractivity contribution in [2.45, 2.75) is 24.7 Å². The predicted octanol–water partition coefficient (Wildman–Crippen LogP) is 2.86. The molecule has 0 atom stereocenters. The highest BCUT2D eigenvalue weighted by Gasteiger charge is 2.44. The zero-order valence-electron chi connectivity index (χ0n) is 7.89. The van der Waals surface area contributed by atoms with Crippen molar-refractivity contribution in [2.24, 2.45) is 5.73 Å². The molecule has 0 bridgehead atoms. The lowest BCUT2D eigenvalue weighted by Gasteiger charge is -2.15. The monoisotopic (exact) mass is 213 g/mol. The largest absolute Gasteiger partial charge is 0.330 e. The molecule has 14 heavy (non-hydrogen) atoms. The third kappa shape index (κ3) is 1.64. The standard InChI is InChI=1S/C11H13ClFN/c12-10-7-8(13)1-2-9(10)11(3-4-11)5-6-14/h1-2,7H,3-6,14H2. The number of halogens is 2. The molecule has 1 nitrogen and oxygen atoms in total. The molecule has 0 unspecified atom stereocenters. The SMILES string of the molecule is NCCC1(c2ccc(F)cc2Cl)CC1. The van der Waals surface area contributed by atoms with Gasteiger partial charge >= 0.3 is 0 Å². The summed E-state index contributed by atoms with van der Waals surface area (Å²) in [4.78, 5) is 0. The van der Waals surface area contributed by atoms with Gasteiger partial charge < -0.3 is 5.73 Å². The van der Waals surface area contributed by atoms with Crippen molar-refractivity contribution in [3.05, 3.63) is 34.6 Å². The van der Waals surface area contributed by atoms with Crippen LogP contribution < -0.4 is 5.73 Å². The average molecular weight is 214 g/mol. The van der Waals surface area contributed by atoms with Crippen LogP contribution in [0.15, 0.2) is 18.2 Å². The van der Waals surface area contributed by atoms with E-state index in [0.29, 0.717) is 11.6 Å². The molecule has 76 valence electrons. The Labute approximate surface area is 88.1 Å². The highest BCUT2D eigenvalue weighted by Crippen LogP contribution is 2.52. The number of nitrogens with two attached hydrogens (primary N) is 1. The molecule has 1 aliphatic carbocycles. The summed E-state index contributed by atoms with van der Waals surface area (Å²) in [6.45, 7) is 0.660. The van der Waals surface area contributed by atoms with Gasteiger partial charge in [-0.05, 0) is 48.9 Å². The Bertz CT molecular complexity index is 347. The maximum atomic E-state index is 12.8. The smallest absolute Gasteiger partial charge is 0.124 e. The molecule has 2 rings (SSSR count). The zero-order chi connectivity index (χ0) is 10.2. The number of benzene rings is 1. The summed E-state index contributed by atoms with van der Waals surface area (Å²) < 4.78 is 12.8. The first-order valence-corrected chi connectivity index (χ1v) is 5.21. The molecular formula is C11H13ClFN. The van der Waals surface area contributed by atoms with Crippen molar-refractivity contribution in [3.63, 3.8) is 0 Å². The fraction of sp³-hybridized carbons (Fsp3) is 0.455. The van der Waals surface area contributed by atoms with Crippen LogP contribution >= 0.6 is 11.6 Å². The Hall–Kier alpha value is -0.600. The zero-order valence-corrected chi connectivity index (χ0v) is 8.65. The molecule has 0 spiro atoms. The minimum Gasteiger partial charge on any atom is -0.330 e. The molecule has 1 aliphatic rings. The molecule has 1 fully saturated rings. The number of rotatable bonds is 3. The van der Waals surface area contributed by atoms with E-state index >= 15 is 0 Å². The van der Waals surface area contributed by atoms with E-state index in [9.17, 15) is 4.39 Å². The highest BCUT2D eigenvalue weighted by molar-refractivity contribution is 6.31. The third-order valence-electron chi connectivity index (χ3n) is 2.98. The molecule has 0 aliphatic heterocycles. The van der Waals surface area contributed by atoms with Crippen LogP contribution in [0, 0.1) is 5.82 Å². The summed E-state index contributed by atoms with van der Waals surface area (Å²) in [5.74, 6) is -0.276. The van der Waals surface area contributed by atoms with Crippen molar-refractivity contribution >= 4 is 11.6 Å². The van der Waals surface area contributed by atoms with Gasteiger partial charge in [0.15, 0.2) is 0 Å². The van der Waals surface area contributed by atoms with Crippen LogP contribution in [0.5, 0.6) is 0 Å². The maximum absolute atomic E-state index is 12.8. The first-order chi connectivity index (χ1) is 6.68. The summed E-state index contributed by atoms with van der Waals surface area (Å²) in [6, 6.07) is 4.64.